The molecule has 12 heteroatoms. The number of thiazole rings is 1. The van der Waals surface area contributed by atoms with E-state index >= 15 is 0 Å². The summed E-state index contributed by atoms with van der Waals surface area (Å²) in [5.41, 5.74) is 4.18. The van der Waals surface area contributed by atoms with Gasteiger partial charge >= 0.3 is 6.09 Å². The highest BCUT2D eigenvalue weighted by molar-refractivity contribution is 7.80. The normalized spacial score (nSPS) is 14.6. The molecule has 9 nitrogen and oxygen atoms in total. The van der Waals surface area contributed by atoms with Gasteiger partial charge in [-0.2, -0.15) is 0 Å². The van der Waals surface area contributed by atoms with E-state index in [4.69, 9.17) is 27.1 Å². The molecule has 0 fully saturated rings. The third-order valence-electron chi connectivity index (χ3n) is 7.21. The molecular formula is C33H46N4O5S2Si. The molecule has 3 atom stereocenters. The molecule has 1 heterocycles. The monoisotopic (exact) mass is 670 g/mol. The third-order valence-corrected chi connectivity index (χ3v) is 13.5. The van der Waals surface area contributed by atoms with E-state index in [-0.39, 0.29) is 15.7 Å². The number of alkyl carbamates (subject to hydrolysis) is 1. The van der Waals surface area contributed by atoms with Gasteiger partial charge in [0.25, 0.3) is 14.2 Å². The molecule has 0 spiro atoms. The van der Waals surface area contributed by atoms with Gasteiger partial charge in [-0.15, -0.1) is 11.3 Å². The average Bonchev–Trinajstić information content (AvgIpc) is 3.41. The van der Waals surface area contributed by atoms with E-state index in [9.17, 15) is 14.7 Å². The Hall–Kier alpha value is -3.16. The lowest BCUT2D eigenvalue weighted by Gasteiger charge is -2.45. The lowest BCUT2D eigenvalue weighted by Crippen LogP contribution is -2.69. The largest absolute Gasteiger partial charge is 0.444 e. The minimum Gasteiger partial charge on any atom is -0.444 e. The van der Waals surface area contributed by atoms with Crippen molar-refractivity contribution < 1.29 is 23.9 Å². The molecule has 0 unspecified atom stereocenters. The number of hydrogen-bond acceptors (Lipinski definition) is 8. The first-order chi connectivity index (χ1) is 20.8. The predicted octanol–water partition coefficient (Wildman–Crippen LogP) is 4.83. The fraction of sp³-hybridized carbons (Fsp3) is 0.455. The van der Waals surface area contributed by atoms with Gasteiger partial charge in [-0.1, -0.05) is 93.7 Å². The van der Waals surface area contributed by atoms with Gasteiger partial charge in [0.2, 0.25) is 0 Å². The number of ether oxygens (including phenoxy) is 1. The summed E-state index contributed by atoms with van der Waals surface area (Å²) in [4.78, 5) is 30.6. The summed E-state index contributed by atoms with van der Waals surface area (Å²) in [5, 5.41) is 20.2. The van der Waals surface area contributed by atoms with Crippen molar-refractivity contribution in [3.63, 3.8) is 0 Å². The number of carbonyl (C=O) groups excluding carboxylic acids is 2. The summed E-state index contributed by atoms with van der Waals surface area (Å²) in [6.45, 7) is 16.7. The van der Waals surface area contributed by atoms with Crippen LogP contribution in [0, 0.1) is 0 Å². The summed E-state index contributed by atoms with van der Waals surface area (Å²) in [5.74, 6) is -0.514. The SMILES string of the molecule is C[C@@H](O[Si](c1ccccc1)(c1ccccc1)C(C)(C)C)[C@H](NC(=O)c1csc([C@H](NC(=O)OC(C)(C)C)C(C)(C)O)n1)C(N)=S. The standard InChI is InChI=1S/C33H46N4O5S2Si/c1-21(42-45(32(5,6)7,22-16-12-10-13-17-22)23-18-14-11-15-19-23)25(27(34)43)36-28(38)24-20-44-29(35-24)26(33(8,9)40)37-30(39)41-31(2,3)4/h10-21,25-26,40H,1-9H3,(H2,34,43)(H,36,38)(H,37,39)/t21-,25+,26+/m1/s1. The van der Waals surface area contributed by atoms with Crippen molar-refractivity contribution >= 4 is 59.2 Å². The molecule has 0 saturated carbocycles. The highest BCUT2D eigenvalue weighted by Crippen LogP contribution is 2.38. The molecule has 3 rings (SSSR count). The lowest BCUT2D eigenvalue weighted by atomic mass is 10.00. The van der Waals surface area contributed by atoms with Gasteiger partial charge in [0, 0.05) is 5.38 Å². The number of aliphatic hydroxyl groups is 1. The number of nitrogens with two attached hydrogens (primary N) is 1. The second-order valence-electron chi connectivity index (χ2n) is 13.6. The zero-order valence-electron chi connectivity index (χ0n) is 27.5. The fourth-order valence-corrected chi connectivity index (χ4v) is 11.1. The van der Waals surface area contributed by atoms with Crippen molar-refractivity contribution in [2.24, 2.45) is 5.73 Å². The molecule has 2 aromatic carbocycles. The van der Waals surface area contributed by atoms with E-state index in [2.05, 4.69) is 60.7 Å². The van der Waals surface area contributed by atoms with E-state index in [1.807, 2.05) is 43.3 Å². The Balaban J connectivity index is 1.92. The Morgan fingerprint density at radius 1 is 0.933 bits per heavy atom. The molecule has 244 valence electrons. The maximum atomic E-state index is 13.6. The van der Waals surface area contributed by atoms with Crippen LogP contribution >= 0.6 is 23.6 Å². The summed E-state index contributed by atoms with van der Waals surface area (Å²) < 4.78 is 12.5. The van der Waals surface area contributed by atoms with Crippen LogP contribution in [0.2, 0.25) is 5.04 Å². The van der Waals surface area contributed by atoms with Crippen molar-refractivity contribution in [1.29, 1.82) is 0 Å². The molecule has 5 N–H and O–H groups in total. The van der Waals surface area contributed by atoms with Crippen LogP contribution in [-0.2, 0) is 9.16 Å². The number of nitrogens with zero attached hydrogens (tertiary/aromatic N) is 1. The molecule has 2 amide bonds. The second kappa shape index (κ2) is 14.1. The highest BCUT2D eigenvalue weighted by Gasteiger charge is 2.52. The van der Waals surface area contributed by atoms with Crippen molar-refractivity contribution in [2.75, 3.05) is 0 Å². The van der Waals surface area contributed by atoms with Crippen molar-refractivity contribution in [1.82, 2.24) is 15.6 Å². The maximum absolute atomic E-state index is 13.6. The van der Waals surface area contributed by atoms with Crippen LogP contribution in [0.25, 0.3) is 0 Å². The Morgan fingerprint density at radius 2 is 1.44 bits per heavy atom. The van der Waals surface area contributed by atoms with Crippen molar-refractivity contribution in [2.45, 2.75) is 96.7 Å². The minimum absolute atomic E-state index is 0.0743. The number of benzene rings is 2. The number of aromatic nitrogens is 1. The Labute approximate surface area is 277 Å². The smallest absolute Gasteiger partial charge is 0.408 e. The molecule has 0 saturated heterocycles. The molecule has 0 bridgehead atoms. The van der Waals surface area contributed by atoms with Crippen molar-refractivity contribution in [3.8, 4) is 0 Å². The first kappa shape index (κ1) is 36.3. The zero-order valence-corrected chi connectivity index (χ0v) is 30.1. The Morgan fingerprint density at radius 3 is 1.87 bits per heavy atom. The number of nitrogens with one attached hydrogen (secondary N) is 2. The van der Waals surface area contributed by atoms with Crippen LogP contribution in [0.1, 0.15) is 83.9 Å². The molecular weight excluding hydrogens is 625 g/mol. The molecule has 0 aliphatic heterocycles. The van der Waals surface area contributed by atoms with Gasteiger partial charge in [0.05, 0.1) is 16.7 Å². The van der Waals surface area contributed by atoms with Gasteiger partial charge in [0.15, 0.2) is 0 Å². The van der Waals surface area contributed by atoms with E-state index in [1.54, 1.807) is 40.0 Å². The maximum Gasteiger partial charge on any atom is 0.408 e. The summed E-state index contributed by atoms with van der Waals surface area (Å²) in [6.07, 6.45) is -1.31. The molecule has 45 heavy (non-hydrogen) atoms. The number of rotatable bonds is 11. The van der Waals surface area contributed by atoms with Crippen LogP contribution in [0.15, 0.2) is 66.0 Å². The van der Waals surface area contributed by atoms with Gasteiger partial charge in [-0.05, 0) is 57.0 Å². The van der Waals surface area contributed by atoms with Crippen LogP contribution in [0.5, 0.6) is 0 Å². The van der Waals surface area contributed by atoms with E-state index in [0.717, 1.165) is 21.7 Å². The van der Waals surface area contributed by atoms with E-state index in [0.29, 0.717) is 5.01 Å². The van der Waals surface area contributed by atoms with Crippen LogP contribution in [-0.4, -0.2) is 58.7 Å². The third kappa shape index (κ3) is 8.98. The van der Waals surface area contributed by atoms with Gasteiger partial charge in [0.1, 0.15) is 28.4 Å². The van der Waals surface area contributed by atoms with Crippen LogP contribution in [0.3, 0.4) is 0 Å². The molecule has 0 radical (unpaired) electrons. The van der Waals surface area contributed by atoms with Gasteiger partial charge < -0.3 is 30.6 Å². The molecule has 0 aliphatic carbocycles. The number of thiocarbonyl (C=S) groups is 1. The predicted molar refractivity (Wildman–Crippen MR) is 187 cm³/mol. The first-order valence-electron chi connectivity index (χ1n) is 14.8. The topological polar surface area (TPSA) is 136 Å². The van der Waals surface area contributed by atoms with Gasteiger partial charge in [-0.3, -0.25) is 4.79 Å². The second-order valence-corrected chi connectivity index (χ2v) is 19.3. The zero-order chi connectivity index (χ0) is 33.8. The number of hydrogen-bond donors (Lipinski definition) is 4. The van der Waals surface area contributed by atoms with Gasteiger partial charge in [-0.25, -0.2) is 9.78 Å². The minimum atomic E-state index is -2.98. The van der Waals surface area contributed by atoms with Crippen molar-refractivity contribution in [3.05, 3.63) is 76.7 Å². The van der Waals surface area contributed by atoms with Crippen LogP contribution < -0.4 is 26.7 Å². The fourth-order valence-electron chi connectivity index (χ4n) is 5.16. The van der Waals surface area contributed by atoms with Crippen LogP contribution in [0.4, 0.5) is 4.79 Å². The number of carbonyl (C=O) groups is 2. The summed E-state index contributed by atoms with van der Waals surface area (Å²) >= 11 is 6.58. The van der Waals surface area contributed by atoms with E-state index < -0.39 is 49.7 Å². The average molecular weight is 671 g/mol. The Bertz CT molecular complexity index is 1420. The summed E-state index contributed by atoms with van der Waals surface area (Å²) in [6, 6.07) is 18.6. The first-order valence-corrected chi connectivity index (χ1v) is 18.0. The quantitative estimate of drug-likeness (QED) is 0.168. The highest BCUT2D eigenvalue weighted by atomic mass is 32.1. The number of amides is 2. The molecule has 1 aromatic heterocycles. The van der Waals surface area contributed by atoms with E-state index in [1.165, 1.54) is 0 Å². The Kier molecular flexibility index (Phi) is 11.4. The molecule has 0 aliphatic rings. The lowest BCUT2D eigenvalue weighted by molar-refractivity contribution is 0.0163. The summed E-state index contributed by atoms with van der Waals surface area (Å²) in [7, 11) is -2.98. The molecule has 3 aromatic rings.